The van der Waals surface area contributed by atoms with E-state index < -0.39 is 35.2 Å². The fourth-order valence-corrected chi connectivity index (χ4v) is 5.42. The number of ether oxygens (including phenoxy) is 1. The molecule has 2 aliphatic heterocycles. The number of hydrogen-bond acceptors (Lipinski definition) is 11. The van der Waals surface area contributed by atoms with Crippen molar-refractivity contribution >= 4 is 69.3 Å². The summed E-state index contributed by atoms with van der Waals surface area (Å²) in [6.45, 7) is 3.18. The molecule has 2 amide bonds. The Balaban J connectivity index is 1.79. The van der Waals surface area contributed by atoms with Gasteiger partial charge in [0.2, 0.25) is 0 Å². The molecule has 1 aromatic rings. The number of nitrogens with zero attached hydrogens (tertiary/aromatic N) is 3. The number of carboxylic acids is 1. The number of aromatic nitrogens is 1. The molecule has 0 radical (unpaired) electrons. The minimum absolute atomic E-state index is 0.0212. The Morgan fingerprint density at radius 1 is 1.41 bits per heavy atom. The molecule has 1 aromatic heterocycles. The first kappa shape index (κ1) is 25.8. The van der Waals surface area contributed by atoms with Gasteiger partial charge in [0.15, 0.2) is 10.8 Å². The summed E-state index contributed by atoms with van der Waals surface area (Å²) in [6, 6.07) is -1.02. The Morgan fingerprint density at radius 2 is 2.15 bits per heavy atom. The molecule has 15 heteroatoms. The first-order chi connectivity index (χ1) is 16.1. The number of amides is 2. The maximum absolute atomic E-state index is 13.0. The number of nitrogens with two attached hydrogens (primary N) is 1. The predicted molar refractivity (Wildman–Crippen MR) is 125 cm³/mol. The number of fused-ring (bicyclic) bond motifs is 1. The summed E-state index contributed by atoms with van der Waals surface area (Å²) in [4.78, 5) is 59.1. The number of esters is 1. The summed E-state index contributed by atoms with van der Waals surface area (Å²) in [7, 11) is 0. The zero-order valence-corrected chi connectivity index (χ0v) is 20.6. The highest BCUT2D eigenvalue weighted by atomic mass is 35.5. The minimum Gasteiger partial charge on any atom is -0.477 e. The number of nitrogen functional groups attached to an aromatic ring is 1. The standard InChI is InChI=1S/C19H22ClN5O7S2/c1-3-4-5-32-24-11(10-14(20)34-19(21)23-10)15(27)22-12-16(28)25-13(18(29)30)9(6-31-8(2)26)7-33-17(12)25/h12,17H,3-7H2,1-2H3,(H2,21,23)(H,22,27)(H,29,30)/t12-,17-/m1/s1. The summed E-state index contributed by atoms with van der Waals surface area (Å²) >= 11 is 8.33. The fraction of sp³-hybridized carbons (Fsp3) is 0.474. The number of carbonyl (C=O) groups excluding carboxylic acids is 3. The molecule has 12 nitrogen and oxygen atoms in total. The molecule has 1 saturated heterocycles. The Hall–Kier alpha value is -2.84. The first-order valence-electron chi connectivity index (χ1n) is 10.1. The summed E-state index contributed by atoms with van der Waals surface area (Å²) in [5, 5.41) is 15.5. The molecule has 0 bridgehead atoms. The number of thioether (sulfide) groups is 1. The molecule has 0 spiro atoms. The number of β-lactam (4-membered cyclic amide) rings is 1. The van der Waals surface area contributed by atoms with Gasteiger partial charge in [0, 0.05) is 18.2 Å². The molecule has 0 aromatic carbocycles. The summed E-state index contributed by atoms with van der Waals surface area (Å²) in [5.74, 6) is -3.10. The topological polar surface area (TPSA) is 174 Å². The number of thiazole rings is 1. The van der Waals surface area contributed by atoms with Crippen molar-refractivity contribution in [3.8, 4) is 0 Å². The van der Waals surface area contributed by atoms with Crippen LogP contribution in [0.5, 0.6) is 0 Å². The van der Waals surface area contributed by atoms with Gasteiger partial charge >= 0.3 is 11.9 Å². The lowest BCUT2D eigenvalue weighted by Crippen LogP contribution is -2.71. The van der Waals surface area contributed by atoms with Crippen LogP contribution in [0.15, 0.2) is 16.4 Å². The van der Waals surface area contributed by atoms with E-state index in [4.69, 9.17) is 26.9 Å². The number of anilines is 1. The minimum atomic E-state index is -1.33. The third-order valence-electron chi connectivity index (χ3n) is 4.77. The van der Waals surface area contributed by atoms with E-state index in [1.165, 1.54) is 18.7 Å². The zero-order valence-electron chi connectivity index (χ0n) is 18.2. The molecule has 1 fully saturated rings. The SMILES string of the molecule is CCCCON=C(C(=O)N[C@@H]1C(=O)N2C(C(=O)O)=C(COC(C)=O)CS[C@H]12)c1nc(N)sc1Cl. The van der Waals surface area contributed by atoms with Crippen LogP contribution in [-0.2, 0) is 28.8 Å². The largest absolute Gasteiger partial charge is 0.477 e. The van der Waals surface area contributed by atoms with Gasteiger partial charge in [0.05, 0.1) is 0 Å². The maximum Gasteiger partial charge on any atom is 0.352 e. The van der Waals surface area contributed by atoms with E-state index in [2.05, 4.69) is 15.5 Å². The van der Waals surface area contributed by atoms with Crippen molar-refractivity contribution in [2.75, 3.05) is 24.7 Å². The summed E-state index contributed by atoms with van der Waals surface area (Å²) < 4.78 is 5.03. The molecule has 0 saturated carbocycles. The molecule has 0 aliphatic carbocycles. The molecular weight excluding hydrogens is 510 g/mol. The zero-order chi connectivity index (χ0) is 25.0. The van der Waals surface area contributed by atoms with E-state index in [1.54, 1.807) is 0 Å². The van der Waals surface area contributed by atoms with Gasteiger partial charge in [-0.05, 0) is 6.42 Å². The number of hydrogen-bond donors (Lipinski definition) is 3. The lowest BCUT2D eigenvalue weighted by molar-refractivity contribution is -0.150. The Labute approximate surface area is 207 Å². The maximum atomic E-state index is 13.0. The second kappa shape index (κ2) is 11.1. The molecule has 4 N–H and O–H groups in total. The molecular formula is C19H22ClN5O7S2. The third-order valence-corrected chi connectivity index (χ3v) is 7.20. The molecule has 2 atom stereocenters. The van der Waals surface area contributed by atoms with Gasteiger partial charge in [-0.3, -0.25) is 19.3 Å². The van der Waals surface area contributed by atoms with Gasteiger partial charge in [-0.2, -0.15) is 0 Å². The van der Waals surface area contributed by atoms with Gasteiger partial charge in [0.25, 0.3) is 11.8 Å². The van der Waals surface area contributed by atoms with Gasteiger partial charge in [-0.25, -0.2) is 9.78 Å². The Kier molecular flexibility index (Phi) is 8.38. The van der Waals surface area contributed by atoms with Crippen LogP contribution in [-0.4, -0.2) is 74.8 Å². The van der Waals surface area contributed by atoms with E-state index in [0.29, 0.717) is 12.0 Å². The lowest BCUT2D eigenvalue weighted by Gasteiger charge is -2.49. The van der Waals surface area contributed by atoms with E-state index >= 15 is 0 Å². The Bertz CT molecular complexity index is 1070. The van der Waals surface area contributed by atoms with Crippen LogP contribution in [0.3, 0.4) is 0 Å². The van der Waals surface area contributed by atoms with Crippen LogP contribution >= 0.6 is 34.7 Å². The van der Waals surface area contributed by atoms with Crippen LogP contribution in [0.4, 0.5) is 5.13 Å². The predicted octanol–water partition coefficient (Wildman–Crippen LogP) is 1.20. The van der Waals surface area contributed by atoms with Crippen LogP contribution in [0.2, 0.25) is 4.34 Å². The molecule has 0 unspecified atom stereocenters. The van der Waals surface area contributed by atoms with Crippen LogP contribution in [0.25, 0.3) is 0 Å². The first-order valence-corrected chi connectivity index (χ1v) is 12.4. The van der Waals surface area contributed by atoms with Crippen LogP contribution in [0.1, 0.15) is 32.4 Å². The van der Waals surface area contributed by atoms with Crippen LogP contribution in [0, 0.1) is 0 Å². The number of carboxylic acid groups (broad SMARTS) is 1. The van der Waals surface area contributed by atoms with Crippen molar-refractivity contribution in [1.82, 2.24) is 15.2 Å². The van der Waals surface area contributed by atoms with Gasteiger partial charge in [-0.15, -0.1) is 11.8 Å². The van der Waals surface area contributed by atoms with Crippen molar-refractivity contribution in [3.63, 3.8) is 0 Å². The van der Waals surface area contributed by atoms with Gasteiger partial charge in [-0.1, -0.05) is 41.4 Å². The number of rotatable bonds is 10. The number of halogens is 1. The average molecular weight is 532 g/mol. The quantitative estimate of drug-likeness (QED) is 0.131. The van der Waals surface area contributed by atoms with Crippen molar-refractivity contribution in [1.29, 1.82) is 0 Å². The smallest absolute Gasteiger partial charge is 0.352 e. The number of aliphatic carboxylic acids is 1. The molecule has 2 aliphatic rings. The second-order valence-corrected chi connectivity index (χ2v) is 9.94. The summed E-state index contributed by atoms with van der Waals surface area (Å²) in [6.07, 6.45) is 1.56. The number of nitrogens with one attached hydrogen (secondary N) is 1. The highest BCUT2D eigenvalue weighted by Crippen LogP contribution is 2.40. The molecule has 3 rings (SSSR count). The van der Waals surface area contributed by atoms with E-state index in [1.807, 2.05) is 6.92 Å². The van der Waals surface area contributed by atoms with Gasteiger partial charge in [0.1, 0.15) is 40.4 Å². The van der Waals surface area contributed by atoms with Crippen molar-refractivity contribution in [3.05, 3.63) is 21.3 Å². The lowest BCUT2D eigenvalue weighted by atomic mass is 10.0. The molecule has 34 heavy (non-hydrogen) atoms. The fourth-order valence-electron chi connectivity index (χ4n) is 3.17. The summed E-state index contributed by atoms with van der Waals surface area (Å²) in [5.41, 5.74) is 5.49. The average Bonchev–Trinajstić information content (AvgIpc) is 3.12. The van der Waals surface area contributed by atoms with Crippen molar-refractivity contribution in [2.45, 2.75) is 38.1 Å². The van der Waals surface area contributed by atoms with E-state index in [-0.39, 0.29) is 45.5 Å². The molecule has 3 heterocycles. The molecule has 184 valence electrons. The van der Waals surface area contributed by atoms with E-state index in [0.717, 1.165) is 22.7 Å². The highest BCUT2D eigenvalue weighted by Gasteiger charge is 2.54. The van der Waals surface area contributed by atoms with Crippen molar-refractivity contribution in [2.24, 2.45) is 5.16 Å². The highest BCUT2D eigenvalue weighted by molar-refractivity contribution is 8.00. The third kappa shape index (κ3) is 5.45. The Morgan fingerprint density at radius 3 is 2.74 bits per heavy atom. The van der Waals surface area contributed by atoms with Crippen LogP contribution < -0.4 is 11.1 Å². The van der Waals surface area contributed by atoms with Crippen molar-refractivity contribution < 1.29 is 33.9 Å². The monoisotopic (exact) mass is 531 g/mol. The number of carbonyl (C=O) groups is 4. The second-order valence-electron chi connectivity index (χ2n) is 7.20. The normalized spacial score (nSPS) is 19.9. The van der Waals surface area contributed by atoms with E-state index in [9.17, 15) is 24.3 Å². The number of unbranched alkanes of at least 4 members (excludes halogenated alkanes) is 1. The van der Waals surface area contributed by atoms with Gasteiger partial charge < -0.3 is 25.7 Å². The number of oxime groups is 1.